The summed E-state index contributed by atoms with van der Waals surface area (Å²) < 4.78 is 27.4. The van der Waals surface area contributed by atoms with Crippen LogP contribution in [0.5, 0.6) is 0 Å². The molecule has 1 spiro atoms. The number of piperidine rings is 2. The Morgan fingerprint density at radius 3 is 2.16 bits per heavy atom. The summed E-state index contributed by atoms with van der Waals surface area (Å²) in [5.41, 5.74) is 1.24. The quantitative estimate of drug-likeness (QED) is 0.829. The van der Waals surface area contributed by atoms with Gasteiger partial charge in [0.05, 0.1) is 4.90 Å². The molecule has 2 aliphatic rings. The fraction of sp³-hybridized carbons (Fsp3) is 0.632. The first kappa shape index (κ1) is 18.4. The third-order valence-corrected chi connectivity index (χ3v) is 7.75. The van der Waals surface area contributed by atoms with Gasteiger partial charge >= 0.3 is 0 Å². The maximum absolute atomic E-state index is 12.9. The van der Waals surface area contributed by atoms with E-state index in [1.54, 1.807) is 21.3 Å². The Morgan fingerprint density at radius 1 is 1.04 bits per heavy atom. The van der Waals surface area contributed by atoms with Crippen molar-refractivity contribution in [3.63, 3.8) is 0 Å². The van der Waals surface area contributed by atoms with E-state index in [2.05, 4.69) is 13.8 Å². The molecule has 0 aliphatic carbocycles. The van der Waals surface area contributed by atoms with Crippen molar-refractivity contribution in [3.8, 4) is 0 Å². The molecule has 1 amide bonds. The molecule has 0 radical (unpaired) electrons. The molecule has 2 saturated heterocycles. The van der Waals surface area contributed by atoms with E-state index in [4.69, 9.17) is 0 Å². The predicted octanol–water partition coefficient (Wildman–Crippen LogP) is 2.83. The minimum absolute atomic E-state index is 0.0934. The minimum atomic E-state index is -3.43. The molecule has 0 unspecified atom stereocenters. The van der Waals surface area contributed by atoms with Gasteiger partial charge in [-0.15, -0.1) is 0 Å². The van der Waals surface area contributed by atoms with E-state index in [-0.39, 0.29) is 11.3 Å². The Labute approximate surface area is 151 Å². The number of sulfonamides is 1. The van der Waals surface area contributed by atoms with Gasteiger partial charge in [0.15, 0.2) is 0 Å². The van der Waals surface area contributed by atoms with Crippen molar-refractivity contribution in [1.82, 2.24) is 9.21 Å². The molecule has 0 bridgehead atoms. The summed E-state index contributed by atoms with van der Waals surface area (Å²) in [6, 6.07) is 7.26. The number of likely N-dealkylation sites (tertiary alicyclic amines) is 1. The van der Waals surface area contributed by atoms with Gasteiger partial charge in [0.2, 0.25) is 15.9 Å². The Bertz CT molecular complexity index is 732. The Morgan fingerprint density at radius 2 is 1.64 bits per heavy atom. The topological polar surface area (TPSA) is 57.7 Å². The van der Waals surface area contributed by atoms with Crippen molar-refractivity contribution in [2.75, 3.05) is 26.7 Å². The fourth-order valence-electron chi connectivity index (χ4n) is 4.02. The van der Waals surface area contributed by atoms with Gasteiger partial charge in [0.1, 0.15) is 0 Å². The van der Waals surface area contributed by atoms with Crippen LogP contribution in [0.3, 0.4) is 0 Å². The van der Waals surface area contributed by atoms with Crippen molar-refractivity contribution in [2.45, 2.75) is 50.3 Å². The van der Waals surface area contributed by atoms with Gasteiger partial charge in [0.25, 0.3) is 0 Å². The highest BCUT2D eigenvalue weighted by molar-refractivity contribution is 7.89. The standard InChI is InChI=1S/C19H28N2O3S/c1-15(2)16-4-6-17(7-5-16)25(23,24)21-12-10-19(11-13-21)9-8-18(22)20(3)14-19/h4-7,15H,8-14H2,1-3H3. The zero-order valence-corrected chi connectivity index (χ0v) is 16.2. The number of hydrogen-bond acceptors (Lipinski definition) is 3. The van der Waals surface area contributed by atoms with E-state index >= 15 is 0 Å². The first-order chi connectivity index (χ1) is 11.7. The molecule has 6 heteroatoms. The molecule has 2 fully saturated rings. The van der Waals surface area contributed by atoms with Crippen LogP contribution in [0, 0.1) is 5.41 Å². The lowest BCUT2D eigenvalue weighted by atomic mass is 9.73. The summed E-state index contributed by atoms with van der Waals surface area (Å²) in [4.78, 5) is 13.9. The van der Waals surface area contributed by atoms with E-state index in [1.807, 2.05) is 19.2 Å². The molecular weight excluding hydrogens is 336 g/mol. The molecular formula is C19H28N2O3S. The van der Waals surface area contributed by atoms with Gasteiger partial charge in [-0.05, 0) is 48.3 Å². The monoisotopic (exact) mass is 364 g/mol. The van der Waals surface area contributed by atoms with Crippen LogP contribution in [0.4, 0.5) is 0 Å². The zero-order chi connectivity index (χ0) is 18.2. The molecule has 25 heavy (non-hydrogen) atoms. The smallest absolute Gasteiger partial charge is 0.243 e. The zero-order valence-electron chi connectivity index (χ0n) is 15.4. The van der Waals surface area contributed by atoms with Crippen LogP contribution in [-0.4, -0.2) is 50.2 Å². The minimum Gasteiger partial charge on any atom is -0.345 e. The summed E-state index contributed by atoms with van der Waals surface area (Å²) in [5, 5.41) is 0. The first-order valence-electron chi connectivity index (χ1n) is 9.08. The van der Waals surface area contributed by atoms with E-state index in [0.29, 0.717) is 30.3 Å². The number of hydrogen-bond donors (Lipinski definition) is 0. The highest BCUT2D eigenvalue weighted by Gasteiger charge is 2.42. The number of carbonyl (C=O) groups excluding carboxylic acids is 1. The molecule has 5 nitrogen and oxygen atoms in total. The number of carbonyl (C=O) groups is 1. The van der Waals surface area contributed by atoms with Gasteiger partial charge in [-0.1, -0.05) is 26.0 Å². The van der Waals surface area contributed by atoms with Crippen molar-refractivity contribution < 1.29 is 13.2 Å². The Balaban J connectivity index is 1.70. The molecule has 0 aromatic heterocycles. The molecule has 2 heterocycles. The highest BCUT2D eigenvalue weighted by atomic mass is 32.2. The van der Waals surface area contributed by atoms with Gasteiger partial charge in [-0.2, -0.15) is 4.31 Å². The molecule has 0 saturated carbocycles. The van der Waals surface area contributed by atoms with E-state index in [0.717, 1.165) is 31.4 Å². The summed E-state index contributed by atoms with van der Waals surface area (Å²) in [7, 11) is -1.58. The van der Waals surface area contributed by atoms with Crippen LogP contribution in [0.25, 0.3) is 0 Å². The van der Waals surface area contributed by atoms with Crippen LogP contribution in [-0.2, 0) is 14.8 Å². The third kappa shape index (κ3) is 3.60. The normalized spacial score (nSPS) is 21.9. The molecule has 1 aromatic rings. The molecule has 1 aromatic carbocycles. The van der Waals surface area contributed by atoms with Crippen LogP contribution < -0.4 is 0 Å². The second kappa shape index (κ2) is 6.72. The summed E-state index contributed by atoms with van der Waals surface area (Å²) in [6.45, 7) is 6.02. The van der Waals surface area contributed by atoms with Crippen molar-refractivity contribution >= 4 is 15.9 Å². The van der Waals surface area contributed by atoms with Crippen LogP contribution in [0.1, 0.15) is 51.0 Å². The molecule has 138 valence electrons. The maximum Gasteiger partial charge on any atom is 0.243 e. The second-order valence-electron chi connectivity index (χ2n) is 7.88. The van der Waals surface area contributed by atoms with Crippen molar-refractivity contribution in [2.24, 2.45) is 5.41 Å². The molecule has 3 rings (SSSR count). The third-order valence-electron chi connectivity index (χ3n) is 5.84. The first-order valence-corrected chi connectivity index (χ1v) is 10.5. The van der Waals surface area contributed by atoms with Gasteiger partial charge < -0.3 is 4.90 Å². The number of rotatable bonds is 3. The Kier molecular flexibility index (Phi) is 4.95. The summed E-state index contributed by atoms with van der Waals surface area (Å²) in [6.07, 6.45) is 3.12. The summed E-state index contributed by atoms with van der Waals surface area (Å²) in [5.74, 6) is 0.587. The van der Waals surface area contributed by atoms with Crippen LogP contribution >= 0.6 is 0 Å². The lowest BCUT2D eigenvalue weighted by Gasteiger charge is -2.46. The summed E-state index contributed by atoms with van der Waals surface area (Å²) >= 11 is 0. The van der Waals surface area contributed by atoms with Crippen molar-refractivity contribution in [1.29, 1.82) is 0 Å². The number of benzene rings is 1. The number of amides is 1. The van der Waals surface area contributed by atoms with Gasteiger partial charge in [0, 0.05) is 33.1 Å². The van der Waals surface area contributed by atoms with Crippen LogP contribution in [0.15, 0.2) is 29.2 Å². The SMILES string of the molecule is CC(C)c1ccc(S(=O)(=O)N2CCC3(CCC(=O)N(C)C3)CC2)cc1. The predicted molar refractivity (Wildman–Crippen MR) is 97.8 cm³/mol. The lowest BCUT2D eigenvalue weighted by molar-refractivity contribution is -0.136. The van der Waals surface area contributed by atoms with E-state index in [1.165, 1.54) is 0 Å². The van der Waals surface area contributed by atoms with Gasteiger partial charge in [-0.25, -0.2) is 8.42 Å². The maximum atomic E-state index is 12.9. The average molecular weight is 365 g/mol. The highest BCUT2D eigenvalue weighted by Crippen LogP contribution is 2.40. The fourth-order valence-corrected chi connectivity index (χ4v) is 5.46. The number of nitrogens with zero attached hydrogens (tertiary/aromatic N) is 2. The lowest BCUT2D eigenvalue weighted by Crippen LogP contribution is -2.51. The molecule has 0 atom stereocenters. The Hall–Kier alpha value is -1.40. The van der Waals surface area contributed by atoms with Crippen LogP contribution in [0.2, 0.25) is 0 Å². The largest absolute Gasteiger partial charge is 0.345 e. The molecule has 0 N–H and O–H groups in total. The second-order valence-corrected chi connectivity index (χ2v) is 9.82. The average Bonchev–Trinajstić information content (AvgIpc) is 2.59. The van der Waals surface area contributed by atoms with E-state index in [9.17, 15) is 13.2 Å². The van der Waals surface area contributed by atoms with Crippen molar-refractivity contribution in [3.05, 3.63) is 29.8 Å². The van der Waals surface area contributed by atoms with Gasteiger partial charge in [-0.3, -0.25) is 4.79 Å². The molecule has 2 aliphatic heterocycles. The van der Waals surface area contributed by atoms with E-state index < -0.39 is 10.0 Å².